The average molecular weight is 413 g/mol. The molecular weight excluding hydrogens is 381 g/mol. The smallest absolute Gasteiger partial charge is 0.310 e. The zero-order valence-electron chi connectivity index (χ0n) is 14.2. The summed E-state index contributed by atoms with van der Waals surface area (Å²) in [5.41, 5.74) is 0. The van der Waals surface area contributed by atoms with Gasteiger partial charge in [-0.25, -0.2) is 0 Å². The van der Waals surface area contributed by atoms with Crippen molar-refractivity contribution in [3.63, 3.8) is 0 Å². The molecule has 2 unspecified atom stereocenters. The fourth-order valence-electron chi connectivity index (χ4n) is 1.87. The Labute approximate surface area is 146 Å². The molecule has 0 saturated carbocycles. The number of hydrogen-bond acceptors (Lipinski definition) is 3. The highest BCUT2D eigenvalue weighted by Gasteiger charge is 2.14. The molecule has 0 radical (unpaired) electrons. The second-order valence-corrected chi connectivity index (χ2v) is 5.75. The van der Waals surface area contributed by atoms with Crippen molar-refractivity contribution in [1.29, 1.82) is 0 Å². The number of halogens is 1. The van der Waals surface area contributed by atoms with Crippen LogP contribution in [0.15, 0.2) is 4.99 Å². The van der Waals surface area contributed by atoms with E-state index in [-0.39, 0.29) is 35.9 Å². The van der Waals surface area contributed by atoms with Gasteiger partial charge in [-0.1, -0.05) is 33.6 Å². The van der Waals surface area contributed by atoms with Crippen LogP contribution in [0.4, 0.5) is 0 Å². The Kier molecular flexibility index (Phi) is 14.2. The summed E-state index contributed by atoms with van der Waals surface area (Å²) in [4.78, 5) is 15.5. The fraction of sp³-hybridized carbons (Fsp3) is 0.867. The summed E-state index contributed by atoms with van der Waals surface area (Å²) >= 11 is 0. The number of hydrogen-bond donors (Lipinski definition) is 2. The van der Waals surface area contributed by atoms with Crippen molar-refractivity contribution in [2.24, 2.45) is 16.8 Å². The predicted octanol–water partition coefficient (Wildman–Crippen LogP) is 2.79. The number of ether oxygens (including phenoxy) is 1. The normalized spacial score (nSPS) is 14.1. The first-order valence-electron chi connectivity index (χ1n) is 7.45. The number of rotatable bonds is 8. The lowest BCUT2D eigenvalue weighted by Gasteiger charge is -2.19. The number of methoxy groups -OCH3 is 1. The molecule has 2 atom stereocenters. The molecule has 0 fully saturated rings. The maximum Gasteiger partial charge on any atom is 0.310 e. The Morgan fingerprint density at radius 1 is 1.19 bits per heavy atom. The van der Waals surface area contributed by atoms with Crippen LogP contribution in [0.3, 0.4) is 0 Å². The topological polar surface area (TPSA) is 62.7 Å². The number of carbonyl (C=O) groups excluding carboxylic acids is 1. The third-order valence-electron chi connectivity index (χ3n) is 3.20. The Balaban J connectivity index is 0. The van der Waals surface area contributed by atoms with E-state index < -0.39 is 0 Å². The van der Waals surface area contributed by atoms with Gasteiger partial charge < -0.3 is 15.4 Å². The van der Waals surface area contributed by atoms with E-state index in [0.29, 0.717) is 12.6 Å². The molecule has 21 heavy (non-hydrogen) atoms. The number of esters is 1. The van der Waals surface area contributed by atoms with Gasteiger partial charge in [-0.2, -0.15) is 0 Å². The lowest BCUT2D eigenvalue weighted by molar-refractivity contribution is -0.144. The van der Waals surface area contributed by atoms with Gasteiger partial charge in [-0.05, 0) is 19.3 Å². The SMILES string of the molecule is CN=C(NCC(C)C(=O)OC)NC(C)CCCC(C)C.I. The van der Waals surface area contributed by atoms with Crippen molar-refractivity contribution < 1.29 is 9.53 Å². The molecule has 2 N–H and O–H groups in total. The van der Waals surface area contributed by atoms with E-state index in [1.165, 1.54) is 20.0 Å². The van der Waals surface area contributed by atoms with Gasteiger partial charge in [-0.15, -0.1) is 24.0 Å². The van der Waals surface area contributed by atoms with Crippen molar-refractivity contribution in [3.8, 4) is 0 Å². The third-order valence-corrected chi connectivity index (χ3v) is 3.20. The Morgan fingerprint density at radius 2 is 1.81 bits per heavy atom. The van der Waals surface area contributed by atoms with Crippen molar-refractivity contribution in [2.75, 3.05) is 20.7 Å². The van der Waals surface area contributed by atoms with Gasteiger partial charge in [0.15, 0.2) is 5.96 Å². The molecule has 0 rings (SSSR count). The summed E-state index contributed by atoms with van der Waals surface area (Å²) in [5.74, 6) is 1.09. The number of guanidine groups is 1. The highest BCUT2D eigenvalue weighted by Crippen LogP contribution is 2.08. The van der Waals surface area contributed by atoms with Gasteiger partial charge in [0.25, 0.3) is 0 Å². The first-order chi connectivity index (χ1) is 9.40. The summed E-state index contributed by atoms with van der Waals surface area (Å²) in [6.45, 7) is 8.99. The largest absolute Gasteiger partial charge is 0.469 e. The standard InChI is InChI=1S/C15H31N3O2.HI/c1-11(2)8-7-9-13(4)18-15(16-5)17-10-12(3)14(19)20-6;/h11-13H,7-10H2,1-6H3,(H2,16,17,18);1H. The van der Waals surface area contributed by atoms with Crippen LogP contribution in [0.2, 0.25) is 0 Å². The zero-order chi connectivity index (χ0) is 15.5. The molecule has 0 aliphatic rings. The van der Waals surface area contributed by atoms with Crippen LogP contribution in [0, 0.1) is 11.8 Å². The monoisotopic (exact) mass is 413 g/mol. The summed E-state index contributed by atoms with van der Waals surface area (Å²) < 4.78 is 4.70. The van der Waals surface area contributed by atoms with E-state index in [2.05, 4.69) is 36.4 Å². The van der Waals surface area contributed by atoms with Gasteiger partial charge in [-0.3, -0.25) is 9.79 Å². The third kappa shape index (κ3) is 11.8. The quantitative estimate of drug-likeness (QED) is 0.278. The highest BCUT2D eigenvalue weighted by molar-refractivity contribution is 14.0. The van der Waals surface area contributed by atoms with Crippen LogP contribution in [0.25, 0.3) is 0 Å². The van der Waals surface area contributed by atoms with E-state index in [1.807, 2.05) is 6.92 Å². The van der Waals surface area contributed by atoms with Gasteiger partial charge in [0.1, 0.15) is 0 Å². The molecule has 0 spiro atoms. The molecule has 126 valence electrons. The van der Waals surface area contributed by atoms with Gasteiger partial charge >= 0.3 is 5.97 Å². The van der Waals surface area contributed by atoms with Crippen LogP contribution in [0.1, 0.15) is 47.0 Å². The van der Waals surface area contributed by atoms with E-state index in [1.54, 1.807) is 7.05 Å². The number of carbonyl (C=O) groups is 1. The summed E-state index contributed by atoms with van der Waals surface area (Å²) in [5, 5.41) is 6.49. The maximum atomic E-state index is 11.3. The molecule has 0 heterocycles. The summed E-state index contributed by atoms with van der Waals surface area (Å²) in [6, 6.07) is 0.369. The van der Waals surface area contributed by atoms with Gasteiger partial charge in [0, 0.05) is 19.6 Å². The summed E-state index contributed by atoms with van der Waals surface area (Å²) in [6.07, 6.45) is 3.57. The second kappa shape index (κ2) is 13.2. The van der Waals surface area contributed by atoms with Crippen LogP contribution in [-0.4, -0.2) is 38.7 Å². The number of nitrogens with zero attached hydrogens (tertiary/aromatic N) is 1. The van der Waals surface area contributed by atoms with Crippen LogP contribution >= 0.6 is 24.0 Å². The molecular formula is C15H32IN3O2. The molecule has 6 heteroatoms. The van der Waals surface area contributed by atoms with E-state index in [9.17, 15) is 4.79 Å². The van der Waals surface area contributed by atoms with Crippen molar-refractivity contribution in [1.82, 2.24) is 10.6 Å². The molecule has 0 saturated heterocycles. The van der Waals surface area contributed by atoms with Gasteiger partial charge in [0.05, 0.1) is 13.0 Å². The lowest BCUT2D eigenvalue weighted by atomic mass is 10.0. The number of nitrogens with one attached hydrogen (secondary N) is 2. The van der Waals surface area contributed by atoms with E-state index in [4.69, 9.17) is 4.74 Å². The maximum absolute atomic E-state index is 11.3. The van der Waals surface area contributed by atoms with E-state index >= 15 is 0 Å². The zero-order valence-corrected chi connectivity index (χ0v) is 16.6. The molecule has 0 aromatic rings. The minimum atomic E-state index is -0.210. The molecule has 0 aromatic carbocycles. The van der Waals surface area contributed by atoms with Crippen molar-refractivity contribution in [2.45, 2.75) is 53.0 Å². The molecule has 0 bridgehead atoms. The highest BCUT2D eigenvalue weighted by atomic mass is 127. The second-order valence-electron chi connectivity index (χ2n) is 5.75. The fourth-order valence-corrected chi connectivity index (χ4v) is 1.87. The molecule has 0 aliphatic carbocycles. The molecule has 0 amide bonds. The predicted molar refractivity (Wildman–Crippen MR) is 99.2 cm³/mol. The Morgan fingerprint density at radius 3 is 2.29 bits per heavy atom. The van der Waals surface area contributed by atoms with E-state index in [0.717, 1.165) is 18.3 Å². The van der Waals surface area contributed by atoms with Crippen LogP contribution in [0.5, 0.6) is 0 Å². The molecule has 0 aliphatic heterocycles. The Hall–Kier alpha value is -0.530. The van der Waals surface area contributed by atoms with Crippen molar-refractivity contribution >= 4 is 35.9 Å². The first kappa shape index (κ1) is 22.7. The molecule has 0 aromatic heterocycles. The minimum absolute atomic E-state index is 0. The van der Waals surface area contributed by atoms with Crippen LogP contribution < -0.4 is 10.6 Å². The first-order valence-corrected chi connectivity index (χ1v) is 7.45. The lowest BCUT2D eigenvalue weighted by Crippen LogP contribution is -2.44. The summed E-state index contributed by atoms with van der Waals surface area (Å²) in [7, 11) is 3.14. The van der Waals surface area contributed by atoms with Crippen molar-refractivity contribution in [3.05, 3.63) is 0 Å². The molecule has 5 nitrogen and oxygen atoms in total. The minimum Gasteiger partial charge on any atom is -0.469 e. The Bertz CT molecular complexity index is 309. The number of aliphatic imine (C=N–C) groups is 1. The van der Waals surface area contributed by atoms with Gasteiger partial charge in [0.2, 0.25) is 0 Å². The van der Waals surface area contributed by atoms with Crippen LogP contribution in [-0.2, 0) is 9.53 Å². The average Bonchev–Trinajstić information content (AvgIpc) is 2.41.